The van der Waals surface area contributed by atoms with Gasteiger partial charge in [-0.2, -0.15) is 0 Å². The Morgan fingerprint density at radius 2 is 2.00 bits per heavy atom. The molecule has 126 valence electrons. The molecule has 23 heavy (non-hydrogen) atoms. The number of hydrogen-bond acceptors (Lipinski definition) is 3. The fourth-order valence-electron chi connectivity index (χ4n) is 2.51. The van der Waals surface area contributed by atoms with Crippen LogP contribution in [0, 0.1) is 11.7 Å². The predicted octanol–water partition coefficient (Wildman–Crippen LogP) is 2.95. The molecule has 6 heteroatoms. The lowest BCUT2D eigenvalue weighted by molar-refractivity contribution is -0.131. The number of halogens is 1. The minimum atomic E-state index is -0.862. The van der Waals surface area contributed by atoms with Crippen LogP contribution in [0.3, 0.4) is 0 Å². The third kappa shape index (κ3) is 4.00. The largest absolute Gasteiger partial charge is 0.489 e. The van der Waals surface area contributed by atoms with Gasteiger partial charge in [0.05, 0.1) is 6.54 Å². The van der Waals surface area contributed by atoms with Crippen LogP contribution in [0.1, 0.15) is 33.6 Å². The summed E-state index contributed by atoms with van der Waals surface area (Å²) in [5.74, 6) is -0.149. The van der Waals surface area contributed by atoms with Gasteiger partial charge in [-0.3, -0.25) is 9.69 Å². The first-order valence-corrected chi connectivity index (χ1v) is 7.85. The van der Waals surface area contributed by atoms with Gasteiger partial charge in [0.1, 0.15) is 12.1 Å². The Balaban J connectivity index is 1.92. The minimum Gasteiger partial charge on any atom is -0.489 e. The van der Waals surface area contributed by atoms with Crippen molar-refractivity contribution in [1.82, 2.24) is 10.2 Å². The van der Waals surface area contributed by atoms with Crippen molar-refractivity contribution in [1.29, 1.82) is 0 Å². The maximum atomic E-state index is 13.5. The van der Waals surface area contributed by atoms with E-state index in [0.29, 0.717) is 12.3 Å². The Hall–Kier alpha value is -2.11. The van der Waals surface area contributed by atoms with E-state index in [2.05, 4.69) is 19.2 Å². The second-order valence-electron chi connectivity index (χ2n) is 6.43. The molecule has 1 heterocycles. The predicted molar refractivity (Wildman–Crippen MR) is 84.6 cm³/mol. The summed E-state index contributed by atoms with van der Waals surface area (Å²) in [7, 11) is 0. The third-order valence-corrected chi connectivity index (χ3v) is 3.98. The van der Waals surface area contributed by atoms with E-state index in [-0.39, 0.29) is 24.8 Å². The first-order valence-electron chi connectivity index (χ1n) is 7.85. The quantitative estimate of drug-likeness (QED) is 0.785. The number of benzene rings is 1. The van der Waals surface area contributed by atoms with Crippen molar-refractivity contribution in [3.05, 3.63) is 30.1 Å². The molecule has 1 aliphatic heterocycles. The van der Waals surface area contributed by atoms with Crippen LogP contribution in [-0.2, 0) is 4.79 Å². The zero-order valence-corrected chi connectivity index (χ0v) is 13.8. The van der Waals surface area contributed by atoms with Gasteiger partial charge in [0.2, 0.25) is 0 Å². The van der Waals surface area contributed by atoms with E-state index in [1.807, 2.05) is 0 Å². The van der Waals surface area contributed by atoms with Crippen LogP contribution in [-0.4, -0.2) is 35.5 Å². The van der Waals surface area contributed by atoms with Crippen molar-refractivity contribution in [2.75, 3.05) is 13.2 Å². The number of hydrogen-bond donors (Lipinski definition) is 1. The second-order valence-corrected chi connectivity index (χ2v) is 6.43. The number of amides is 3. The summed E-state index contributed by atoms with van der Waals surface area (Å²) in [4.78, 5) is 25.6. The molecule has 1 saturated heterocycles. The van der Waals surface area contributed by atoms with Gasteiger partial charge >= 0.3 is 6.03 Å². The van der Waals surface area contributed by atoms with Crippen LogP contribution in [0.25, 0.3) is 0 Å². The summed E-state index contributed by atoms with van der Waals surface area (Å²) in [6.07, 6.45) is 1.45. The number of rotatable bonds is 7. The SMILES string of the molecule is CC(C)CCC1(C)NC(=O)N(CCOc2ccccc2F)C1=O. The fourth-order valence-corrected chi connectivity index (χ4v) is 2.51. The number of urea groups is 1. The summed E-state index contributed by atoms with van der Waals surface area (Å²) in [6, 6.07) is 5.62. The van der Waals surface area contributed by atoms with Crippen LogP contribution >= 0.6 is 0 Å². The van der Waals surface area contributed by atoms with Crippen molar-refractivity contribution < 1.29 is 18.7 Å². The van der Waals surface area contributed by atoms with E-state index in [4.69, 9.17) is 4.74 Å². The van der Waals surface area contributed by atoms with Crippen LogP contribution < -0.4 is 10.1 Å². The van der Waals surface area contributed by atoms with Gasteiger partial charge in [-0.1, -0.05) is 26.0 Å². The smallest absolute Gasteiger partial charge is 0.325 e. The van der Waals surface area contributed by atoms with Gasteiger partial charge in [0.25, 0.3) is 5.91 Å². The van der Waals surface area contributed by atoms with Crippen molar-refractivity contribution in [3.63, 3.8) is 0 Å². The van der Waals surface area contributed by atoms with Gasteiger partial charge in [0.15, 0.2) is 11.6 Å². The lowest BCUT2D eigenvalue weighted by Crippen LogP contribution is -2.44. The molecule has 1 aromatic rings. The summed E-state index contributed by atoms with van der Waals surface area (Å²) < 4.78 is 18.8. The van der Waals surface area contributed by atoms with Crippen LogP contribution in [0.5, 0.6) is 5.75 Å². The highest BCUT2D eigenvalue weighted by Crippen LogP contribution is 2.24. The van der Waals surface area contributed by atoms with Crippen molar-refractivity contribution in [2.45, 2.75) is 39.2 Å². The number of nitrogens with zero attached hydrogens (tertiary/aromatic N) is 1. The Morgan fingerprint density at radius 1 is 1.30 bits per heavy atom. The van der Waals surface area contributed by atoms with Crippen molar-refractivity contribution in [2.24, 2.45) is 5.92 Å². The Labute approximate surface area is 135 Å². The van der Waals surface area contributed by atoms with Gasteiger partial charge in [-0.15, -0.1) is 0 Å². The molecule has 0 aromatic heterocycles. The molecule has 1 fully saturated rings. The molecule has 1 aliphatic rings. The average Bonchev–Trinajstić information content (AvgIpc) is 2.71. The molecule has 1 atom stereocenters. The first-order chi connectivity index (χ1) is 10.8. The van der Waals surface area contributed by atoms with Crippen molar-refractivity contribution in [3.8, 4) is 5.75 Å². The van der Waals surface area contributed by atoms with Gasteiger partial charge in [0, 0.05) is 0 Å². The Bertz CT molecular complexity index is 591. The van der Waals surface area contributed by atoms with E-state index in [9.17, 15) is 14.0 Å². The van der Waals surface area contributed by atoms with E-state index in [1.165, 1.54) is 12.1 Å². The third-order valence-electron chi connectivity index (χ3n) is 3.98. The molecule has 0 saturated carbocycles. The zero-order chi connectivity index (χ0) is 17.0. The summed E-state index contributed by atoms with van der Waals surface area (Å²) in [5.41, 5.74) is -0.862. The highest BCUT2D eigenvalue weighted by Gasteiger charge is 2.47. The number of ether oxygens (including phenoxy) is 1. The molecule has 0 bridgehead atoms. The highest BCUT2D eigenvalue weighted by molar-refractivity contribution is 6.06. The standard InChI is InChI=1S/C17H23FN2O3/c1-12(2)8-9-17(3)15(21)20(16(22)19-17)10-11-23-14-7-5-4-6-13(14)18/h4-7,12H,8-11H2,1-3H3,(H,19,22). The van der Waals surface area contributed by atoms with Crippen molar-refractivity contribution >= 4 is 11.9 Å². The lowest BCUT2D eigenvalue weighted by atomic mass is 9.92. The first kappa shape index (κ1) is 17.2. The molecular formula is C17H23FN2O3. The van der Waals surface area contributed by atoms with Gasteiger partial charge in [-0.25, -0.2) is 9.18 Å². The molecule has 1 N–H and O–H groups in total. The fraction of sp³-hybridized carbons (Fsp3) is 0.529. The second kappa shape index (κ2) is 6.98. The van der Waals surface area contributed by atoms with Gasteiger partial charge < -0.3 is 10.1 Å². The maximum absolute atomic E-state index is 13.5. The van der Waals surface area contributed by atoms with Gasteiger partial charge in [-0.05, 0) is 37.8 Å². The number of nitrogens with one attached hydrogen (secondary N) is 1. The van der Waals surface area contributed by atoms with Crippen LogP contribution in [0.2, 0.25) is 0 Å². The highest BCUT2D eigenvalue weighted by atomic mass is 19.1. The lowest BCUT2D eigenvalue weighted by Gasteiger charge is -2.22. The number of para-hydroxylation sites is 1. The topological polar surface area (TPSA) is 58.6 Å². The molecule has 0 radical (unpaired) electrons. The molecule has 1 aromatic carbocycles. The van der Waals surface area contributed by atoms with E-state index >= 15 is 0 Å². The van der Waals surface area contributed by atoms with Crippen LogP contribution in [0.15, 0.2) is 24.3 Å². The summed E-state index contributed by atoms with van der Waals surface area (Å²) >= 11 is 0. The molecular weight excluding hydrogens is 299 g/mol. The summed E-state index contributed by atoms with van der Waals surface area (Å²) in [5, 5.41) is 2.75. The molecule has 3 amide bonds. The average molecular weight is 322 g/mol. The zero-order valence-electron chi connectivity index (χ0n) is 13.8. The minimum absolute atomic E-state index is 0.0559. The Morgan fingerprint density at radius 3 is 2.65 bits per heavy atom. The maximum Gasteiger partial charge on any atom is 0.325 e. The summed E-state index contributed by atoms with van der Waals surface area (Å²) in [6.45, 7) is 6.04. The molecule has 2 rings (SSSR count). The molecule has 5 nitrogen and oxygen atoms in total. The van der Waals surface area contributed by atoms with Crippen LogP contribution in [0.4, 0.5) is 9.18 Å². The van der Waals surface area contributed by atoms with E-state index in [1.54, 1.807) is 19.1 Å². The number of imide groups is 1. The molecule has 0 aliphatic carbocycles. The number of carbonyl (C=O) groups excluding carboxylic acids is 2. The van der Waals surface area contributed by atoms with E-state index < -0.39 is 17.4 Å². The normalized spacial score (nSPS) is 21.0. The molecule has 0 spiro atoms. The van der Waals surface area contributed by atoms with E-state index in [0.717, 1.165) is 11.3 Å². The number of carbonyl (C=O) groups is 2. The Kier molecular flexibility index (Phi) is 5.23. The molecule has 1 unspecified atom stereocenters. The monoisotopic (exact) mass is 322 g/mol.